The molecule has 0 N–H and O–H groups in total. The molecule has 1 aromatic heterocycles. The molecule has 0 radical (unpaired) electrons. The van der Waals surface area contributed by atoms with Crippen molar-refractivity contribution in [3.05, 3.63) is 39.7 Å². The van der Waals surface area contributed by atoms with Gasteiger partial charge >= 0.3 is 5.63 Å². The second-order valence-electron chi connectivity index (χ2n) is 3.80. The molecule has 0 saturated carbocycles. The molecule has 0 unspecified atom stereocenters. The molecule has 17 heavy (non-hydrogen) atoms. The highest BCUT2D eigenvalue weighted by atomic mass is 35.7. The van der Waals surface area contributed by atoms with Gasteiger partial charge in [-0.15, -0.1) is 0 Å². The van der Waals surface area contributed by atoms with Crippen LogP contribution in [0.3, 0.4) is 0 Å². The molecule has 2 rings (SSSR count). The van der Waals surface area contributed by atoms with Gasteiger partial charge < -0.3 is 4.42 Å². The van der Waals surface area contributed by atoms with Gasteiger partial charge in [-0.3, -0.25) is 0 Å². The summed E-state index contributed by atoms with van der Waals surface area (Å²) in [6.45, 7) is 3.30. The van der Waals surface area contributed by atoms with Gasteiger partial charge in [-0.1, -0.05) is 0 Å². The number of halogens is 1. The quantitative estimate of drug-likeness (QED) is 0.590. The zero-order valence-corrected chi connectivity index (χ0v) is 10.7. The van der Waals surface area contributed by atoms with Gasteiger partial charge in [0.15, 0.2) is 0 Å². The Balaban J connectivity index is 2.96. The summed E-state index contributed by atoms with van der Waals surface area (Å²) < 4.78 is 27.7. The lowest BCUT2D eigenvalue weighted by atomic mass is 10.1. The zero-order valence-electron chi connectivity index (χ0n) is 9.15. The Labute approximate surface area is 102 Å². The predicted molar refractivity (Wildman–Crippen MR) is 65.0 cm³/mol. The third-order valence-electron chi connectivity index (χ3n) is 2.51. The summed E-state index contributed by atoms with van der Waals surface area (Å²) in [4.78, 5) is 11.2. The van der Waals surface area contributed by atoms with Crippen molar-refractivity contribution in [1.82, 2.24) is 0 Å². The maximum Gasteiger partial charge on any atom is 0.336 e. The first-order valence-corrected chi connectivity index (χ1v) is 7.10. The van der Waals surface area contributed by atoms with E-state index in [0.29, 0.717) is 22.1 Å². The zero-order chi connectivity index (χ0) is 12.8. The van der Waals surface area contributed by atoms with Gasteiger partial charge in [0.05, 0.1) is 4.90 Å². The van der Waals surface area contributed by atoms with Crippen LogP contribution in [0.25, 0.3) is 11.0 Å². The summed E-state index contributed by atoms with van der Waals surface area (Å²) >= 11 is 0. The van der Waals surface area contributed by atoms with Gasteiger partial charge in [0, 0.05) is 22.1 Å². The molecule has 6 heteroatoms. The van der Waals surface area contributed by atoms with Crippen molar-refractivity contribution >= 4 is 30.7 Å². The largest absolute Gasteiger partial charge is 0.423 e. The van der Waals surface area contributed by atoms with Crippen LogP contribution < -0.4 is 5.63 Å². The van der Waals surface area contributed by atoms with Gasteiger partial charge in [0.25, 0.3) is 9.05 Å². The maximum absolute atomic E-state index is 11.3. The van der Waals surface area contributed by atoms with E-state index in [-0.39, 0.29) is 4.90 Å². The lowest BCUT2D eigenvalue weighted by molar-refractivity contribution is 0.559. The predicted octanol–water partition coefficient (Wildman–Crippen LogP) is 2.34. The van der Waals surface area contributed by atoms with Gasteiger partial charge in [-0.2, -0.15) is 0 Å². The molecule has 0 aliphatic heterocycles. The van der Waals surface area contributed by atoms with Crippen LogP contribution in [-0.4, -0.2) is 8.42 Å². The van der Waals surface area contributed by atoms with Crippen molar-refractivity contribution in [2.75, 3.05) is 0 Å². The number of hydrogen-bond acceptors (Lipinski definition) is 4. The molecule has 90 valence electrons. The number of aryl methyl sites for hydroxylation is 2. The van der Waals surface area contributed by atoms with Crippen molar-refractivity contribution in [3.8, 4) is 0 Å². The molecule has 1 aromatic carbocycles. The fraction of sp³-hybridized carbons (Fsp3) is 0.182. The average molecular weight is 273 g/mol. The van der Waals surface area contributed by atoms with Crippen molar-refractivity contribution < 1.29 is 12.8 Å². The van der Waals surface area contributed by atoms with E-state index < -0.39 is 14.7 Å². The van der Waals surface area contributed by atoms with E-state index >= 15 is 0 Å². The first-order valence-electron chi connectivity index (χ1n) is 4.79. The summed E-state index contributed by atoms with van der Waals surface area (Å²) in [7, 11) is 1.53. The maximum atomic E-state index is 11.3. The Morgan fingerprint density at radius 2 is 1.76 bits per heavy atom. The van der Waals surface area contributed by atoms with E-state index in [2.05, 4.69) is 0 Å². The molecular weight excluding hydrogens is 264 g/mol. The SMILES string of the molecule is Cc1cc2oc(=O)cc(C)c2cc1S(=O)(=O)Cl. The van der Waals surface area contributed by atoms with Crippen molar-refractivity contribution in [2.24, 2.45) is 0 Å². The van der Waals surface area contributed by atoms with Crippen molar-refractivity contribution in [1.29, 1.82) is 0 Å². The second-order valence-corrected chi connectivity index (χ2v) is 6.33. The van der Waals surface area contributed by atoms with E-state index in [4.69, 9.17) is 15.1 Å². The Hall–Kier alpha value is -1.33. The van der Waals surface area contributed by atoms with Crippen LogP contribution in [0.4, 0.5) is 0 Å². The third kappa shape index (κ3) is 2.21. The Bertz CT molecular complexity index is 759. The molecule has 0 atom stereocenters. The highest BCUT2D eigenvalue weighted by Crippen LogP contribution is 2.26. The molecule has 1 heterocycles. The first-order chi connectivity index (χ1) is 7.79. The minimum absolute atomic E-state index is 0.0311. The Kier molecular flexibility index (Phi) is 2.75. The third-order valence-corrected chi connectivity index (χ3v) is 3.97. The van der Waals surface area contributed by atoms with E-state index in [1.165, 1.54) is 18.2 Å². The molecule has 0 amide bonds. The van der Waals surface area contributed by atoms with Gasteiger partial charge in [-0.25, -0.2) is 13.2 Å². The molecule has 0 saturated heterocycles. The van der Waals surface area contributed by atoms with Crippen LogP contribution in [0.1, 0.15) is 11.1 Å². The van der Waals surface area contributed by atoms with Gasteiger partial charge in [-0.05, 0) is 37.1 Å². The molecule has 4 nitrogen and oxygen atoms in total. The van der Waals surface area contributed by atoms with Crippen molar-refractivity contribution in [3.63, 3.8) is 0 Å². The van der Waals surface area contributed by atoms with E-state index in [1.807, 2.05) is 0 Å². The fourth-order valence-electron chi connectivity index (χ4n) is 1.71. The highest BCUT2D eigenvalue weighted by Gasteiger charge is 2.16. The van der Waals surface area contributed by atoms with Crippen molar-refractivity contribution in [2.45, 2.75) is 18.7 Å². The number of benzene rings is 1. The minimum atomic E-state index is -3.80. The van der Waals surface area contributed by atoms with Crippen LogP contribution in [0, 0.1) is 13.8 Å². The summed E-state index contributed by atoms with van der Waals surface area (Å²) in [5, 5.41) is 0.564. The van der Waals surface area contributed by atoms with E-state index in [1.54, 1.807) is 13.8 Å². The van der Waals surface area contributed by atoms with Crippen LogP contribution in [-0.2, 0) is 9.05 Å². The minimum Gasteiger partial charge on any atom is -0.423 e. The number of rotatable bonds is 1. The van der Waals surface area contributed by atoms with Crippen LogP contribution >= 0.6 is 10.7 Å². The highest BCUT2D eigenvalue weighted by molar-refractivity contribution is 8.13. The Morgan fingerprint density at radius 1 is 1.12 bits per heavy atom. The molecule has 2 aromatic rings. The fourth-order valence-corrected chi connectivity index (χ4v) is 2.91. The van der Waals surface area contributed by atoms with E-state index in [9.17, 15) is 13.2 Å². The topological polar surface area (TPSA) is 64.3 Å². The lowest BCUT2D eigenvalue weighted by Crippen LogP contribution is -2.00. The monoisotopic (exact) mass is 272 g/mol. The average Bonchev–Trinajstić information content (AvgIpc) is 2.13. The first kappa shape index (κ1) is 12.1. The molecule has 0 bridgehead atoms. The summed E-state index contributed by atoms with van der Waals surface area (Å²) in [6, 6.07) is 4.23. The number of hydrogen-bond donors (Lipinski definition) is 0. The second kappa shape index (κ2) is 3.85. The standard InChI is InChI=1S/C11H9ClO4S/c1-6-4-11(13)16-9-3-7(2)10(5-8(6)9)17(12,14)15/h3-5H,1-2H3. The van der Waals surface area contributed by atoms with Gasteiger partial charge in [0.2, 0.25) is 0 Å². The summed E-state index contributed by atoms with van der Waals surface area (Å²) in [5.41, 5.74) is 0.992. The molecular formula is C11H9ClO4S. The molecule has 0 aliphatic carbocycles. The van der Waals surface area contributed by atoms with Crippen LogP contribution in [0.5, 0.6) is 0 Å². The lowest BCUT2D eigenvalue weighted by Gasteiger charge is -2.05. The summed E-state index contributed by atoms with van der Waals surface area (Å²) in [5.74, 6) is 0. The molecule has 0 fully saturated rings. The Morgan fingerprint density at radius 3 is 2.35 bits per heavy atom. The van der Waals surface area contributed by atoms with Crippen LogP contribution in [0.15, 0.2) is 32.3 Å². The van der Waals surface area contributed by atoms with Crippen LogP contribution in [0.2, 0.25) is 0 Å². The summed E-state index contributed by atoms with van der Waals surface area (Å²) in [6.07, 6.45) is 0. The smallest absolute Gasteiger partial charge is 0.336 e. The van der Waals surface area contributed by atoms with Gasteiger partial charge in [0.1, 0.15) is 5.58 Å². The normalized spacial score (nSPS) is 11.9. The van der Waals surface area contributed by atoms with E-state index in [0.717, 1.165) is 0 Å². The molecule has 0 spiro atoms. The molecule has 0 aliphatic rings. The number of fused-ring (bicyclic) bond motifs is 1.